The van der Waals surface area contributed by atoms with Gasteiger partial charge < -0.3 is 4.74 Å². The molecule has 1 heterocycles. The number of carbonyl (C=O) groups is 1. The largest absolute Gasteiger partial charge is 0.465 e. The number of rotatable bonds is 2. The van der Waals surface area contributed by atoms with Gasteiger partial charge >= 0.3 is 5.97 Å². The van der Waals surface area contributed by atoms with Crippen molar-refractivity contribution in [2.24, 2.45) is 0 Å². The third-order valence-electron chi connectivity index (χ3n) is 1.48. The molecule has 0 aliphatic carbocycles. The molecule has 0 fully saturated rings. The zero-order valence-electron chi connectivity index (χ0n) is 7.40. The first kappa shape index (κ1) is 11.5. The summed E-state index contributed by atoms with van der Waals surface area (Å²) < 4.78 is 26.4. The summed E-state index contributed by atoms with van der Waals surface area (Å²) in [5.74, 6) is -0.565. The third-order valence-corrected chi connectivity index (χ3v) is 4.90. The van der Waals surface area contributed by atoms with Crippen LogP contribution in [0.1, 0.15) is 15.2 Å². The SMILES string of the molecule is COC(=O)c1cc(C)c(S(=O)(=O)Cl)s1. The van der Waals surface area contributed by atoms with Gasteiger partial charge in [0.2, 0.25) is 0 Å². The number of thiophene rings is 1. The molecule has 0 atom stereocenters. The van der Waals surface area contributed by atoms with Crippen LogP contribution in [0.15, 0.2) is 10.3 Å². The first-order chi connectivity index (χ1) is 6.36. The molecule has 78 valence electrons. The van der Waals surface area contributed by atoms with E-state index < -0.39 is 15.0 Å². The van der Waals surface area contributed by atoms with Crippen molar-refractivity contribution in [2.75, 3.05) is 7.11 Å². The number of hydrogen-bond acceptors (Lipinski definition) is 5. The molecule has 0 amide bonds. The van der Waals surface area contributed by atoms with Gasteiger partial charge in [-0.25, -0.2) is 13.2 Å². The Morgan fingerprint density at radius 3 is 2.50 bits per heavy atom. The molecule has 0 radical (unpaired) electrons. The monoisotopic (exact) mass is 254 g/mol. The minimum Gasteiger partial charge on any atom is -0.465 e. The Labute approximate surface area is 89.9 Å². The number of methoxy groups -OCH3 is 1. The molecule has 1 rings (SSSR count). The zero-order chi connectivity index (χ0) is 10.9. The fourth-order valence-corrected chi connectivity index (χ4v) is 3.49. The van der Waals surface area contributed by atoms with Crippen LogP contribution in [0, 0.1) is 6.92 Å². The van der Waals surface area contributed by atoms with Crippen LogP contribution in [0.3, 0.4) is 0 Å². The van der Waals surface area contributed by atoms with Crippen molar-refractivity contribution in [3.63, 3.8) is 0 Å². The van der Waals surface area contributed by atoms with E-state index in [4.69, 9.17) is 10.7 Å². The Morgan fingerprint density at radius 2 is 2.14 bits per heavy atom. The van der Waals surface area contributed by atoms with Crippen LogP contribution < -0.4 is 0 Å². The van der Waals surface area contributed by atoms with Crippen molar-refractivity contribution in [1.29, 1.82) is 0 Å². The van der Waals surface area contributed by atoms with Crippen molar-refractivity contribution >= 4 is 37.0 Å². The van der Waals surface area contributed by atoms with E-state index in [2.05, 4.69) is 4.74 Å². The molecule has 0 spiro atoms. The van der Waals surface area contributed by atoms with Crippen LogP contribution in [-0.4, -0.2) is 21.5 Å². The van der Waals surface area contributed by atoms with Gasteiger partial charge in [-0.2, -0.15) is 0 Å². The molecule has 0 N–H and O–H groups in total. The predicted octanol–water partition coefficient (Wildman–Crippen LogP) is 1.77. The van der Waals surface area contributed by atoms with Gasteiger partial charge in [0.1, 0.15) is 9.09 Å². The average molecular weight is 255 g/mol. The number of esters is 1. The van der Waals surface area contributed by atoms with Gasteiger partial charge in [-0.3, -0.25) is 0 Å². The fourth-order valence-electron chi connectivity index (χ4n) is 0.909. The molecule has 0 aliphatic heterocycles. The quantitative estimate of drug-likeness (QED) is 0.596. The molecule has 0 aliphatic rings. The van der Waals surface area contributed by atoms with E-state index in [9.17, 15) is 13.2 Å². The van der Waals surface area contributed by atoms with Crippen molar-refractivity contribution in [2.45, 2.75) is 11.1 Å². The van der Waals surface area contributed by atoms with E-state index in [0.29, 0.717) is 5.56 Å². The average Bonchev–Trinajstić information content (AvgIpc) is 2.45. The second kappa shape index (κ2) is 3.88. The highest BCUT2D eigenvalue weighted by molar-refractivity contribution is 8.15. The van der Waals surface area contributed by atoms with E-state index in [1.54, 1.807) is 6.92 Å². The fraction of sp³-hybridized carbons (Fsp3) is 0.286. The van der Waals surface area contributed by atoms with E-state index in [1.807, 2.05) is 0 Å². The summed E-state index contributed by atoms with van der Waals surface area (Å²) in [6.45, 7) is 1.57. The predicted molar refractivity (Wildman–Crippen MR) is 53.4 cm³/mol. The summed E-state index contributed by atoms with van der Waals surface area (Å²) in [4.78, 5) is 11.3. The third kappa shape index (κ3) is 2.26. The lowest BCUT2D eigenvalue weighted by atomic mass is 10.3. The molecule has 1 aromatic heterocycles. The Hall–Kier alpha value is -0.590. The van der Waals surface area contributed by atoms with Crippen molar-refractivity contribution in [1.82, 2.24) is 0 Å². The summed E-state index contributed by atoms with van der Waals surface area (Å²) in [6.07, 6.45) is 0. The highest BCUT2D eigenvalue weighted by atomic mass is 35.7. The van der Waals surface area contributed by atoms with Crippen LogP contribution in [0.4, 0.5) is 0 Å². The number of aryl methyl sites for hydroxylation is 1. The van der Waals surface area contributed by atoms with Gasteiger partial charge in [0, 0.05) is 10.7 Å². The summed E-state index contributed by atoms with van der Waals surface area (Å²) in [5, 5.41) is 0. The van der Waals surface area contributed by atoms with Gasteiger partial charge in [-0.05, 0) is 18.6 Å². The minimum absolute atomic E-state index is 0.0143. The molecule has 7 heteroatoms. The van der Waals surface area contributed by atoms with Crippen LogP contribution in [0.5, 0.6) is 0 Å². The van der Waals surface area contributed by atoms with Crippen molar-refractivity contribution in [3.05, 3.63) is 16.5 Å². The molecule has 0 unspecified atom stereocenters. The molecular formula is C7H7ClO4S2. The normalized spacial score (nSPS) is 11.4. The van der Waals surface area contributed by atoms with Gasteiger partial charge in [-0.15, -0.1) is 11.3 Å². The summed E-state index contributed by atoms with van der Waals surface area (Å²) >= 11 is 0.805. The topological polar surface area (TPSA) is 60.4 Å². The van der Waals surface area contributed by atoms with E-state index in [-0.39, 0.29) is 9.09 Å². The number of hydrogen-bond donors (Lipinski definition) is 0. The molecule has 4 nitrogen and oxygen atoms in total. The molecule has 0 saturated heterocycles. The molecule has 1 aromatic rings. The lowest BCUT2D eigenvalue weighted by molar-refractivity contribution is 0.0606. The molecule has 0 saturated carbocycles. The van der Waals surface area contributed by atoms with Crippen LogP contribution in [0.25, 0.3) is 0 Å². The second-order valence-corrected chi connectivity index (χ2v) is 6.32. The summed E-state index contributed by atoms with van der Waals surface area (Å²) in [5.41, 5.74) is 0.449. The minimum atomic E-state index is -3.77. The van der Waals surface area contributed by atoms with E-state index in [0.717, 1.165) is 11.3 Å². The Kier molecular flexibility index (Phi) is 3.18. The van der Waals surface area contributed by atoms with Crippen LogP contribution in [-0.2, 0) is 13.8 Å². The molecule has 14 heavy (non-hydrogen) atoms. The maximum Gasteiger partial charge on any atom is 0.348 e. The second-order valence-electron chi connectivity index (χ2n) is 2.51. The van der Waals surface area contributed by atoms with Gasteiger partial charge in [0.25, 0.3) is 9.05 Å². The smallest absolute Gasteiger partial charge is 0.348 e. The highest BCUT2D eigenvalue weighted by Crippen LogP contribution is 2.29. The van der Waals surface area contributed by atoms with Gasteiger partial charge in [0.15, 0.2) is 0 Å². The number of ether oxygens (including phenoxy) is 1. The lowest BCUT2D eigenvalue weighted by Crippen LogP contribution is -1.96. The first-order valence-electron chi connectivity index (χ1n) is 3.49. The lowest BCUT2D eigenvalue weighted by Gasteiger charge is -1.91. The molecule has 0 aromatic carbocycles. The van der Waals surface area contributed by atoms with Crippen molar-refractivity contribution in [3.8, 4) is 0 Å². The zero-order valence-corrected chi connectivity index (χ0v) is 9.79. The van der Waals surface area contributed by atoms with E-state index in [1.165, 1.54) is 13.2 Å². The van der Waals surface area contributed by atoms with Gasteiger partial charge in [0.05, 0.1) is 7.11 Å². The maximum atomic E-state index is 11.1. The number of halogens is 1. The Balaban J connectivity index is 3.25. The number of carbonyl (C=O) groups excluding carboxylic acids is 1. The molecular weight excluding hydrogens is 248 g/mol. The Morgan fingerprint density at radius 1 is 1.57 bits per heavy atom. The Bertz CT molecular complexity index is 460. The van der Waals surface area contributed by atoms with E-state index >= 15 is 0 Å². The standard InChI is InChI=1S/C7H7ClO4S2/c1-4-3-5(6(9)12-2)13-7(4)14(8,10)11/h3H,1-2H3. The van der Waals surface area contributed by atoms with Gasteiger partial charge in [-0.1, -0.05) is 0 Å². The van der Waals surface area contributed by atoms with Crippen LogP contribution >= 0.6 is 22.0 Å². The molecule has 0 bridgehead atoms. The first-order valence-corrected chi connectivity index (χ1v) is 6.62. The van der Waals surface area contributed by atoms with Crippen molar-refractivity contribution < 1.29 is 17.9 Å². The summed E-state index contributed by atoms with van der Waals surface area (Å²) in [6, 6.07) is 1.44. The maximum absolute atomic E-state index is 11.1. The van der Waals surface area contributed by atoms with Crippen LogP contribution in [0.2, 0.25) is 0 Å². The summed E-state index contributed by atoms with van der Waals surface area (Å²) in [7, 11) is 2.61. The highest BCUT2D eigenvalue weighted by Gasteiger charge is 2.20.